The Labute approximate surface area is 160 Å². The van der Waals surface area contributed by atoms with Gasteiger partial charge in [0.25, 0.3) is 5.91 Å². The van der Waals surface area contributed by atoms with Gasteiger partial charge in [0, 0.05) is 11.3 Å². The van der Waals surface area contributed by atoms with E-state index in [4.69, 9.17) is 0 Å². The summed E-state index contributed by atoms with van der Waals surface area (Å²) in [7, 11) is 0. The molecule has 0 fully saturated rings. The van der Waals surface area contributed by atoms with Crippen LogP contribution in [0.1, 0.15) is 24.1 Å². The van der Waals surface area contributed by atoms with Gasteiger partial charge >= 0.3 is 6.03 Å². The van der Waals surface area contributed by atoms with Crippen molar-refractivity contribution < 1.29 is 14.0 Å². The minimum Gasteiger partial charge on any atom is -0.307 e. The van der Waals surface area contributed by atoms with Gasteiger partial charge in [-0.3, -0.25) is 10.1 Å². The lowest BCUT2D eigenvalue weighted by Crippen LogP contribution is -2.39. The molecule has 8 nitrogen and oxygen atoms in total. The molecule has 0 radical (unpaired) electrons. The number of tetrazole rings is 1. The van der Waals surface area contributed by atoms with E-state index in [1.54, 1.807) is 12.1 Å². The lowest BCUT2D eigenvalue weighted by Gasteiger charge is -2.12. The third kappa shape index (κ3) is 4.37. The number of imide groups is 1. The zero-order valence-electron chi connectivity index (χ0n) is 15.6. The van der Waals surface area contributed by atoms with Crippen LogP contribution in [-0.2, 0) is 4.79 Å². The number of urea groups is 1. The Bertz CT molecular complexity index is 1030. The van der Waals surface area contributed by atoms with Crippen LogP contribution in [0.15, 0.2) is 42.5 Å². The summed E-state index contributed by atoms with van der Waals surface area (Å²) in [5, 5.41) is 16.6. The zero-order chi connectivity index (χ0) is 20.3. The average molecular weight is 382 g/mol. The Morgan fingerprint density at radius 2 is 1.93 bits per heavy atom. The standard InChI is InChI=1S/C19H19FN6O2/c1-11-7-8-16(12(2)9-11)21-19(28)22-18(27)13(3)26-24-17(23-25-26)14-5-4-6-15(20)10-14/h4-10,13H,1-3H3,(H2,21,22,27,28). The maximum atomic E-state index is 13.3. The third-order valence-electron chi connectivity index (χ3n) is 4.10. The number of carbonyl (C=O) groups excluding carboxylic acids is 2. The molecular weight excluding hydrogens is 363 g/mol. The molecule has 28 heavy (non-hydrogen) atoms. The molecule has 1 unspecified atom stereocenters. The number of amides is 3. The molecule has 0 saturated heterocycles. The quantitative estimate of drug-likeness (QED) is 0.722. The van der Waals surface area contributed by atoms with Gasteiger partial charge in [-0.05, 0) is 49.7 Å². The summed E-state index contributed by atoms with van der Waals surface area (Å²) in [5.74, 6) is -0.855. The second-order valence-corrected chi connectivity index (χ2v) is 6.38. The van der Waals surface area contributed by atoms with Crippen molar-refractivity contribution in [2.24, 2.45) is 0 Å². The number of anilines is 1. The monoisotopic (exact) mass is 382 g/mol. The summed E-state index contributed by atoms with van der Waals surface area (Å²) in [6.07, 6.45) is 0. The van der Waals surface area contributed by atoms with Crippen LogP contribution in [0, 0.1) is 19.7 Å². The van der Waals surface area contributed by atoms with Gasteiger partial charge in [-0.2, -0.15) is 4.80 Å². The first kappa shape index (κ1) is 19.2. The van der Waals surface area contributed by atoms with Gasteiger partial charge in [-0.15, -0.1) is 10.2 Å². The molecule has 1 aromatic heterocycles. The fourth-order valence-corrected chi connectivity index (χ4v) is 2.56. The van der Waals surface area contributed by atoms with Crippen molar-refractivity contribution in [3.05, 3.63) is 59.4 Å². The van der Waals surface area contributed by atoms with E-state index in [-0.39, 0.29) is 5.82 Å². The second kappa shape index (κ2) is 7.95. The maximum Gasteiger partial charge on any atom is 0.325 e. The minimum absolute atomic E-state index is 0.180. The molecule has 0 aliphatic heterocycles. The number of nitrogens with one attached hydrogen (secondary N) is 2. The molecule has 2 N–H and O–H groups in total. The number of hydrogen-bond acceptors (Lipinski definition) is 5. The van der Waals surface area contributed by atoms with Gasteiger partial charge in [0.1, 0.15) is 11.9 Å². The predicted octanol–water partition coefficient (Wildman–Crippen LogP) is 3.01. The number of halogens is 1. The van der Waals surface area contributed by atoms with E-state index in [9.17, 15) is 14.0 Å². The molecule has 3 rings (SSSR count). The molecule has 3 amide bonds. The van der Waals surface area contributed by atoms with Crippen LogP contribution in [0.4, 0.5) is 14.9 Å². The van der Waals surface area contributed by atoms with Crippen molar-refractivity contribution in [2.45, 2.75) is 26.8 Å². The second-order valence-electron chi connectivity index (χ2n) is 6.38. The van der Waals surface area contributed by atoms with Gasteiger partial charge in [-0.25, -0.2) is 9.18 Å². The summed E-state index contributed by atoms with van der Waals surface area (Å²) < 4.78 is 13.3. The fourth-order valence-electron chi connectivity index (χ4n) is 2.56. The van der Waals surface area contributed by atoms with E-state index in [2.05, 4.69) is 26.0 Å². The Morgan fingerprint density at radius 1 is 1.14 bits per heavy atom. The highest BCUT2D eigenvalue weighted by molar-refractivity contribution is 6.02. The number of rotatable bonds is 4. The minimum atomic E-state index is -0.889. The van der Waals surface area contributed by atoms with E-state index in [1.165, 1.54) is 25.1 Å². The highest BCUT2D eigenvalue weighted by atomic mass is 19.1. The van der Waals surface area contributed by atoms with Crippen LogP contribution >= 0.6 is 0 Å². The van der Waals surface area contributed by atoms with Crippen molar-refractivity contribution >= 4 is 17.6 Å². The van der Waals surface area contributed by atoms with Crippen LogP contribution < -0.4 is 10.6 Å². The highest BCUT2D eigenvalue weighted by Crippen LogP contribution is 2.17. The highest BCUT2D eigenvalue weighted by Gasteiger charge is 2.21. The van der Waals surface area contributed by atoms with Crippen molar-refractivity contribution in [1.29, 1.82) is 0 Å². The first-order valence-electron chi connectivity index (χ1n) is 8.58. The van der Waals surface area contributed by atoms with Gasteiger partial charge in [0.2, 0.25) is 5.82 Å². The first-order chi connectivity index (χ1) is 13.3. The normalized spacial score (nSPS) is 11.7. The molecule has 9 heteroatoms. The summed E-state index contributed by atoms with van der Waals surface area (Å²) in [4.78, 5) is 25.5. The van der Waals surface area contributed by atoms with Crippen molar-refractivity contribution in [3.8, 4) is 11.4 Å². The van der Waals surface area contributed by atoms with E-state index in [0.717, 1.165) is 15.9 Å². The summed E-state index contributed by atoms with van der Waals surface area (Å²) >= 11 is 0. The van der Waals surface area contributed by atoms with Gasteiger partial charge in [0.15, 0.2) is 0 Å². The van der Waals surface area contributed by atoms with Gasteiger partial charge in [-0.1, -0.05) is 29.8 Å². The molecule has 3 aromatic rings. The van der Waals surface area contributed by atoms with E-state index >= 15 is 0 Å². The predicted molar refractivity (Wildman–Crippen MR) is 101 cm³/mol. The molecule has 0 bridgehead atoms. The molecule has 0 aliphatic carbocycles. The summed E-state index contributed by atoms with van der Waals surface area (Å²) in [6.45, 7) is 5.34. The fraction of sp³-hybridized carbons (Fsp3) is 0.211. The van der Waals surface area contributed by atoms with Crippen LogP contribution in [0.5, 0.6) is 0 Å². The van der Waals surface area contributed by atoms with E-state index < -0.39 is 23.8 Å². The molecular formula is C19H19FN6O2. The van der Waals surface area contributed by atoms with Crippen molar-refractivity contribution in [2.75, 3.05) is 5.32 Å². The zero-order valence-corrected chi connectivity index (χ0v) is 15.6. The molecule has 1 atom stereocenters. The van der Waals surface area contributed by atoms with Gasteiger partial charge < -0.3 is 5.32 Å². The third-order valence-corrected chi connectivity index (χ3v) is 4.10. The number of nitrogens with zero attached hydrogens (tertiary/aromatic N) is 4. The van der Waals surface area contributed by atoms with E-state index in [0.29, 0.717) is 11.3 Å². The topological polar surface area (TPSA) is 102 Å². The number of carbonyl (C=O) groups is 2. The maximum absolute atomic E-state index is 13.3. The van der Waals surface area contributed by atoms with Crippen molar-refractivity contribution in [3.63, 3.8) is 0 Å². The molecule has 0 aliphatic rings. The Balaban J connectivity index is 1.65. The Morgan fingerprint density at radius 3 is 2.64 bits per heavy atom. The molecule has 0 spiro atoms. The number of aromatic nitrogens is 4. The first-order valence-corrected chi connectivity index (χ1v) is 8.58. The van der Waals surface area contributed by atoms with E-state index in [1.807, 2.05) is 26.0 Å². The molecule has 144 valence electrons. The van der Waals surface area contributed by atoms with Crippen LogP contribution in [0.25, 0.3) is 11.4 Å². The summed E-state index contributed by atoms with van der Waals surface area (Å²) in [6, 6.07) is 9.73. The average Bonchev–Trinajstić information content (AvgIpc) is 3.13. The lowest BCUT2D eigenvalue weighted by atomic mass is 10.1. The lowest BCUT2D eigenvalue weighted by molar-refractivity contribution is -0.123. The molecule has 0 saturated carbocycles. The molecule has 2 aromatic carbocycles. The Kier molecular flexibility index (Phi) is 5.44. The number of hydrogen-bond donors (Lipinski definition) is 2. The van der Waals surface area contributed by atoms with Crippen LogP contribution in [0.3, 0.4) is 0 Å². The number of benzene rings is 2. The summed E-state index contributed by atoms with van der Waals surface area (Å²) in [5.41, 5.74) is 3.00. The van der Waals surface area contributed by atoms with Crippen LogP contribution in [-0.4, -0.2) is 32.1 Å². The van der Waals surface area contributed by atoms with Crippen molar-refractivity contribution in [1.82, 2.24) is 25.5 Å². The van der Waals surface area contributed by atoms with Gasteiger partial charge in [0.05, 0.1) is 0 Å². The van der Waals surface area contributed by atoms with Crippen LogP contribution in [0.2, 0.25) is 0 Å². The number of aryl methyl sites for hydroxylation is 2. The Hall–Kier alpha value is -3.62. The SMILES string of the molecule is Cc1ccc(NC(=O)NC(=O)C(C)n2nnc(-c3cccc(F)c3)n2)c(C)c1. The smallest absolute Gasteiger partial charge is 0.307 e. The molecule has 1 heterocycles. The largest absolute Gasteiger partial charge is 0.325 e.